The molecule has 0 amide bonds. The van der Waals surface area contributed by atoms with E-state index in [2.05, 4.69) is 17.2 Å². The molecule has 14 heavy (non-hydrogen) atoms. The number of nitrogens with one attached hydrogen (secondary N) is 1. The first-order chi connectivity index (χ1) is 6.79. The zero-order valence-corrected chi connectivity index (χ0v) is 9.31. The number of aliphatic imine (C=N–C) groups is 1. The van der Waals surface area contributed by atoms with Gasteiger partial charge in [-0.1, -0.05) is 19.8 Å². The van der Waals surface area contributed by atoms with Crippen LogP contribution in [0.4, 0.5) is 0 Å². The van der Waals surface area contributed by atoms with Crippen LogP contribution in [0.5, 0.6) is 0 Å². The van der Waals surface area contributed by atoms with E-state index in [1.165, 1.54) is 50.8 Å². The van der Waals surface area contributed by atoms with Crippen LogP contribution < -0.4 is 5.32 Å². The van der Waals surface area contributed by atoms with E-state index in [-0.39, 0.29) is 0 Å². The molecular formula is C12H22N2. The van der Waals surface area contributed by atoms with E-state index in [0.29, 0.717) is 5.41 Å². The van der Waals surface area contributed by atoms with Crippen molar-refractivity contribution in [3.05, 3.63) is 0 Å². The van der Waals surface area contributed by atoms with E-state index in [1.54, 1.807) is 0 Å². The zero-order valence-electron chi connectivity index (χ0n) is 9.31. The summed E-state index contributed by atoms with van der Waals surface area (Å²) in [7, 11) is 0. The third-order valence-corrected chi connectivity index (χ3v) is 3.65. The third-order valence-electron chi connectivity index (χ3n) is 3.65. The molecule has 0 aromatic carbocycles. The van der Waals surface area contributed by atoms with Crippen molar-refractivity contribution in [2.24, 2.45) is 10.4 Å². The van der Waals surface area contributed by atoms with Crippen molar-refractivity contribution in [1.82, 2.24) is 5.32 Å². The molecule has 1 aliphatic heterocycles. The number of nitrogens with zero attached hydrogens (tertiary/aromatic N) is 1. The molecule has 2 aliphatic rings. The minimum absolute atomic E-state index is 0.578. The van der Waals surface area contributed by atoms with Gasteiger partial charge in [0.2, 0.25) is 0 Å². The molecule has 1 fully saturated rings. The van der Waals surface area contributed by atoms with E-state index < -0.39 is 0 Å². The van der Waals surface area contributed by atoms with E-state index in [9.17, 15) is 0 Å². The molecule has 1 saturated carbocycles. The fraction of sp³-hybridized carbons (Fsp3) is 0.917. The van der Waals surface area contributed by atoms with Gasteiger partial charge in [-0.3, -0.25) is 4.99 Å². The summed E-state index contributed by atoms with van der Waals surface area (Å²) in [6.45, 7) is 4.58. The molecule has 0 unspecified atom stereocenters. The standard InChI is InChI=1S/C12H22N2/c1-12(7-5-8-12)10-14-11-6-3-2-4-9-13-11/h2-10H2,1H3,(H,13,14). The van der Waals surface area contributed by atoms with Gasteiger partial charge in [0.1, 0.15) is 0 Å². The number of hydrogen-bond acceptors (Lipinski definition) is 2. The maximum Gasteiger partial charge on any atom is 0.0963 e. The molecule has 80 valence electrons. The van der Waals surface area contributed by atoms with Crippen LogP contribution in [0.2, 0.25) is 0 Å². The van der Waals surface area contributed by atoms with Gasteiger partial charge in [0.05, 0.1) is 5.84 Å². The molecule has 2 rings (SSSR count). The summed E-state index contributed by atoms with van der Waals surface area (Å²) in [5.41, 5.74) is 0.578. The molecule has 0 bridgehead atoms. The van der Waals surface area contributed by atoms with Gasteiger partial charge >= 0.3 is 0 Å². The predicted octanol–water partition coefficient (Wildman–Crippen LogP) is 2.74. The van der Waals surface area contributed by atoms with Gasteiger partial charge in [-0.05, 0) is 31.1 Å². The van der Waals surface area contributed by atoms with Crippen LogP contribution >= 0.6 is 0 Å². The largest absolute Gasteiger partial charge is 0.373 e. The number of hydrogen-bond donors (Lipinski definition) is 1. The maximum atomic E-state index is 4.59. The first kappa shape index (κ1) is 10.0. The van der Waals surface area contributed by atoms with E-state index in [1.807, 2.05) is 0 Å². The van der Waals surface area contributed by atoms with Crippen LogP contribution in [0, 0.1) is 5.41 Å². The molecule has 0 saturated heterocycles. The van der Waals surface area contributed by atoms with Gasteiger partial charge in [-0.15, -0.1) is 0 Å². The Morgan fingerprint density at radius 3 is 2.79 bits per heavy atom. The summed E-state index contributed by atoms with van der Waals surface area (Å²) < 4.78 is 0. The van der Waals surface area contributed by atoms with Crippen molar-refractivity contribution < 1.29 is 0 Å². The normalized spacial score (nSPS) is 25.9. The monoisotopic (exact) mass is 194 g/mol. The van der Waals surface area contributed by atoms with Crippen LogP contribution in [0.15, 0.2) is 4.99 Å². The molecule has 1 N–H and O–H groups in total. The minimum atomic E-state index is 0.578. The Labute approximate surface area is 87.2 Å². The minimum Gasteiger partial charge on any atom is -0.373 e. The highest BCUT2D eigenvalue weighted by atomic mass is 15.0. The Hall–Kier alpha value is -0.530. The lowest BCUT2D eigenvalue weighted by Crippen LogP contribution is -2.39. The third kappa shape index (κ3) is 2.49. The molecule has 0 aromatic rings. The molecular weight excluding hydrogens is 172 g/mol. The molecule has 0 radical (unpaired) electrons. The first-order valence-corrected chi connectivity index (χ1v) is 6.06. The fourth-order valence-electron chi connectivity index (χ4n) is 2.29. The summed E-state index contributed by atoms with van der Waals surface area (Å²) >= 11 is 0. The highest BCUT2D eigenvalue weighted by Crippen LogP contribution is 2.39. The smallest absolute Gasteiger partial charge is 0.0963 e. The van der Waals surface area contributed by atoms with E-state index in [4.69, 9.17) is 0 Å². The summed E-state index contributed by atoms with van der Waals surface area (Å²) in [6.07, 6.45) is 9.35. The van der Waals surface area contributed by atoms with Crippen molar-refractivity contribution >= 4 is 5.84 Å². The topological polar surface area (TPSA) is 24.4 Å². The van der Waals surface area contributed by atoms with Crippen LogP contribution in [0.25, 0.3) is 0 Å². The van der Waals surface area contributed by atoms with Gasteiger partial charge in [-0.25, -0.2) is 0 Å². The maximum absolute atomic E-state index is 4.59. The van der Waals surface area contributed by atoms with Crippen LogP contribution in [-0.2, 0) is 0 Å². The van der Waals surface area contributed by atoms with Crippen molar-refractivity contribution in [2.75, 3.05) is 13.1 Å². The van der Waals surface area contributed by atoms with Gasteiger partial charge in [0.15, 0.2) is 0 Å². The van der Waals surface area contributed by atoms with Gasteiger partial charge in [0, 0.05) is 19.5 Å². The van der Waals surface area contributed by atoms with Crippen molar-refractivity contribution in [2.45, 2.75) is 51.9 Å². The second kappa shape index (κ2) is 4.33. The average molecular weight is 194 g/mol. The molecule has 0 spiro atoms. The lowest BCUT2D eigenvalue weighted by Gasteiger charge is -2.38. The molecule has 1 aliphatic carbocycles. The average Bonchev–Trinajstić information content (AvgIpc) is 2.40. The van der Waals surface area contributed by atoms with Crippen molar-refractivity contribution in [3.63, 3.8) is 0 Å². The highest BCUT2D eigenvalue weighted by Gasteiger charge is 2.31. The van der Waals surface area contributed by atoms with Crippen LogP contribution in [0.3, 0.4) is 0 Å². The summed E-state index contributed by atoms with van der Waals surface area (Å²) in [6, 6.07) is 0. The molecule has 2 heteroatoms. The first-order valence-electron chi connectivity index (χ1n) is 6.06. The van der Waals surface area contributed by atoms with Crippen LogP contribution in [-0.4, -0.2) is 18.9 Å². The highest BCUT2D eigenvalue weighted by molar-refractivity contribution is 5.82. The lowest BCUT2D eigenvalue weighted by molar-refractivity contribution is 0.165. The van der Waals surface area contributed by atoms with Gasteiger partial charge < -0.3 is 5.32 Å². The van der Waals surface area contributed by atoms with E-state index >= 15 is 0 Å². The summed E-state index contributed by atoms with van der Waals surface area (Å²) in [4.78, 5) is 4.59. The lowest BCUT2D eigenvalue weighted by atomic mass is 9.70. The summed E-state index contributed by atoms with van der Waals surface area (Å²) in [5, 5.41) is 3.55. The molecule has 0 aromatic heterocycles. The zero-order chi connectivity index (χ0) is 9.86. The Balaban J connectivity index is 1.75. The Bertz CT molecular complexity index is 216. The van der Waals surface area contributed by atoms with Crippen molar-refractivity contribution in [1.29, 1.82) is 0 Å². The Morgan fingerprint density at radius 2 is 2.07 bits per heavy atom. The van der Waals surface area contributed by atoms with E-state index in [0.717, 1.165) is 13.1 Å². The Morgan fingerprint density at radius 1 is 1.21 bits per heavy atom. The van der Waals surface area contributed by atoms with Gasteiger partial charge in [0.25, 0.3) is 0 Å². The number of amidine groups is 1. The summed E-state index contributed by atoms with van der Waals surface area (Å²) in [5.74, 6) is 1.27. The predicted molar refractivity (Wildman–Crippen MR) is 60.7 cm³/mol. The quantitative estimate of drug-likeness (QED) is 0.718. The second-order valence-corrected chi connectivity index (χ2v) is 5.16. The second-order valence-electron chi connectivity index (χ2n) is 5.16. The Kier molecular flexibility index (Phi) is 3.09. The van der Waals surface area contributed by atoms with Crippen LogP contribution in [0.1, 0.15) is 51.9 Å². The fourth-order valence-corrected chi connectivity index (χ4v) is 2.29. The molecule has 1 heterocycles. The van der Waals surface area contributed by atoms with Gasteiger partial charge in [-0.2, -0.15) is 0 Å². The molecule has 0 atom stereocenters. The SMILES string of the molecule is CC1(CNC2=NCCCCC2)CCC1. The molecule has 2 nitrogen and oxygen atoms in total. The van der Waals surface area contributed by atoms with Crippen molar-refractivity contribution in [3.8, 4) is 0 Å². The number of rotatable bonds is 2.